The third-order valence-corrected chi connectivity index (χ3v) is 3.83. The summed E-state index contributed by atoms with van der Waals surface area (Å²) in [5.41, 5.74) is 5.44. The number of nitrogens with zero attached hydrogens (tertiary/aromatic N) is 1. The van der Waals surface area contributed by atoms with Crippen molar-refractivity contribution in [1.29, 1.82) is 0 Å². The van der Waals surface area contributed by atoms with Crippen LogP contribution in [0, 0.1) is 20.8 Å². The molecule has 0 bridgehead atoms. The largest absolute Gasteiger partial charge is 0.351 e. The number of carbonyl (C=O) groups is 1. The Hall–Kier alpha value is -2.03. The molecular weight excluding hydrogens is 260 g/mol. The van der Waals surface area contributed by atoms with Gasteiger partial charge in [0.15, 0.2) is 0 Å². The highest BCUT2D eigenvalue weighted by molar-refractivity contribution is 5.94. The predicted molar refractivity (Wildman–Crippen MR) is 86.8 cm³/mol. The summed E-state index contributed by atoms with van der Waals surface area (Å²) in [7, 11) is 0. The van der Waals surface area contributed by atoms with Gasteiger partial charge in [0.25, 0.3) is 5.91 Å². The average molecular weight is 284 g/mol. The number of amides is 1. The van der Waals surface area contributed by atoms with E-state index in [0.717, 1.165) is 29.9 Å². The lowest BCUT2D eigenvalue weighted by Crippen LogP contribution is -2.27. The number of carbonyl (C=O) groups excluding carboxylic acids is 1. The maximum Gasteiger partial charge on any atom is 0.268 e. The molecule has 0 spiro atoms. The minimum Gasteiger partial charge on any atom is -0.351 e. The van der Waals surface area contributed by atoms with Gasteiger partial charge in [-0.15, -0.1) is 0 Å². The number of rotatable bonds is 5. The molecule has 0 fully saturated rings. The molecule has 0 atom stereocenters. The van der Waals surface area contributed by atoms with Gasteiger partial charge in [-0.05, 0) is 49.9 Å². The lowest BCUT2D eigenvalue weighted by Gasteiger charge is -2.14. The Labute approximate surface area is 127 Å². The number of hydrogen-bond donors (Lipinski definition) is 1. The van der Waals surface area contributed by atoms with Crippen molar-refractivity contribution in [1.82, 2.24) is 9.88 Å². The van der Waals surface area contributed by atoms with E-state index in [2.05, 4.69) is 48.9 Å². The monoisotopic (exact) mass is 284 g/mol. The molecule has 0 radical (unpaired) electrons. The van der Waals surface area contributed by atoms with E-state index in [9.17, 15) is 4.79 Å². The van der Waals surface area contributed by atoms with E-state index in [1.54, 1.807) is 0 Å². The number of hydrogen-bond acceptors (Lipinski definition) is 1. The molecule has 3 heteroatoms. The number of aryl methyl sites for hydroxylation is 3. The van der Waals surface area contributed by atoms with Crippen LogP contribution in [-0.2, 0) is 6.54 Å². The molecule has 2 aromatic rings. The van der Waals surface area contributed by atoms with Gasteiger partial charge in [-0.2, -0.15) is 0 Å². The van der Waals surface area contributed by atoms with Crippen molar-refractivity contribution in [3.63, 3.8) is 0 Å². The second kappa shape index (κ2) is 6.61. The van der Waals surface area contributed by atoms with Crippen LogP contribution in [0.2, 0.25) is 0 Å². The summed E-state index contributed by atoms with van der Waals surface area (Å²) in [6.07, 6.45) is 0.947. The molecule has 3 nitrogen and oxygen atoms in total. The number of nitrogens with one attached hydrogen (secondary N) is 1. The summed E-state index contributed by atoms with van der Waals surface area (Å²) in [4.78, 5) is 12.4. The molecule has 0 saturated heterocycles. The molecule has 1 aromatic heterocycles. The molecule has 0 saturated carbocycles. The van der Waals surface area contributed by atoms with E-state index in [4.69, 9.17) is 0 Å². The Morgan fingerprint density at radius 2 is 1.86 bits per heavy atom. The molecule has 2 rings (SSSR count). The zero-order valence-electron chi connectivity index (χ0n) is 13.4. The molecule has 1 heterocycles. The second-order valence-corrected chi connectivity index (χ2v) is 5.59. The SMILES string of the molecule is CCCNC(=O)c1c(C)cc(C)n1Cc1ccccc1C. The van der Waals surface area contributed by atoms with E-state index in [-0.39, 0.29) is 5.91 Å². The van der Waals surface area contributed by atoms with Gasteiger partial charge in [0, 0.05) is 18.8 Å². The van der Waals surface area contributed by atoms with Gasteiger partial charge < -0.3 is 9.88 Å². The van der Waals surface area contributed by atoms with Crippen LogP contribution in [0.3, 0.4) is 0 Å². The first-order valence-corrected chi connectivity index (χ1v) is 7.54. The van der Waals surface area contributed by atoms with Crippen molar-refractivity contribution in [2.45, 2.75) is 40.7 Å². The van der Waals surface area contributed by atoms with Crippen LogP contribution in [0.25, 0.3) is 0 Å². The van der Waals surface area contributed by atoms with E-state index < -0.39 is 0 Å². The Morgan fingerprint density at radius 3 is 2.52 bits per heavy atom. The number of benzene rings is 1. The summed E-state index contributed by atoms with van der Waals surface area (Å²) in [6, 6.07) is 10.4. The molecule has 21 heavy (non-hydrogen) atoms. The quantitative estimate of drug-likeness (QED) is 0.894. The third kappa shape index (κ3) is 3.35. The Kier molecular flexibility index (Phi) is 4.84. The first kappa shape index (κ1) is 15.4. The molecule has 1 aromatic carbocycles. The summed E-state index contributed by atoms with van der Waals surface area (Å²) >= 11 is 0. The van der Waals surface area contributed by atoms with Gasteiger partial charge in [0.05, 0.1) is 0 Å². The summed E-state index contributed by atoms with van der Waals surface area (Å²) in [6.45, 7) is 9.68. The number of aromatic nitrogens is 1. The molecule has 112 valence electrons. The molecular formula is C18H24N2O. The topological polar surface area (TPSA) is 34.0 Å². The van der Waals surface area contributed by atoms with Crippen molar-refractivity contribution in [3.05, 3.63) is 58.4 Å². The minimum absolute atomic E-state index is 0.0241. The maximum atomic E-state index is 12.4. The summed E-state index contributed by atoms with van der Waals surface area (Å²) in [5, 5.41) is 2.98. The smallest absolute Gasteiger partial charge is 0.268 e. The first-order valence-electron chi connectivity index (χ1n) is 7.54. The maximum absolute atomic E-state index is 12.4. The zero-order valence-corrected chi connectivity index (χ0v) is 13.4. The lowest BCUT2D eigenvalue weighted by molar-refractivity contribution is 0.0944. The summed E-state index contributed by atoms with van der Waals surface area (Å²) < 4.78 is 2.11. The van der Waals surface area contributed by atoms with Crippen molar-refractivity contribution < 1.29 is 4.79 Å². The van der Waals surface area contributed by atoms with Crippen LogP contribution >= 0.6 is 0 Å². The first-order chi connectivity index (χ1) is 10.0. The highest BCUT2D eigenvalue weighted by Gasteiger charge is 2.17. The van der Waals surface area contributed by atoms with Crippen LogP contribution in [0.1, 0.15) is 46.2 Å². The average Bonchev–Trinajstić information content (AvgIpc) is 2.73. The van der Waals surface area contributed by atoms with Gasteiger partial charge in [0.1, 0.15) is 5.69 Å². The zero-order chi connectivity index (χ0) is 15.4. The second-order valence-electron chi connectivity index (χ2n) is 5.59. The molecule has 1 N–H and O–H groups in total. The van der Waals surface area contributed by atoms with Crippen molar-refractivity contribution in [2.75, 3.05) is 6.54 Å². The predicted octanol–water partition coefficient (Wildman–Crippen LogP) is 3.60. The van der Waals surface area contributed by atoms with Gasteiger partial charge in [-0.3, -0.25) is 4.79 Å². The van der Waals surface area contributed by atoms with Gasteiger partial charge in [-0.25, -0.2) is 0 Å². The molecule has 0 aliphatic heterocycles. The van der Waals surface area contributed by atoms with Crippen LogP contribution in [0.5, 0.6) is 0 Å². The minimum atomic E-state index is 0.0241. The fourth-order valence-electron chi connectivity index (χ4n) is 2.63. The van der Waals surface area contributed by atoms with E-state index in [1.807, 2.05) is 19.1 Å². The van der Waals surface area contributed by atoms with Crippen LogP contribution in [0.4, 0.5) is 0 Å². The van der Waals surface area contributed by atoms with E-state index >= 15 is 0 Å². The molecule has 0 unspecified atom stereocenters. The molecule has 0 aliphatic carbocycles. The van der Waals surface area contributed by atoms with Crippen molar-refractivity contribution >= 4 is 5.91 Å². The van der Waals surface area contributed by atoms with Gasteiger partial charge in [0.2, 0.25) is 0 Å². The van der Waals surface area contributed by atoms with Gasteiger partial charge >= 0.3 is 0 Å². The van der Waals surface area contributed by atoms with Crippen LogP contribution < -0.4 is 5.32 Å². The lowest BCUT2D eigenvalue weighted by atomic mass is 10.1. The summed E-state index contributed by atoms with van der Waals surface area (Å²) in [5.74, 6) is 0.0241. The highest BCUT2D eigenvalue weighted by atomic mass is 16.1. The van der Waals surface area contributed by atoms with E-state index in [0.29, 0.717) is 6.54 Å². The van der Waals surface area contributed by atoms with Crippen molar-refractivity contribution in [2.24, 2.45) is 0 Å². The van der Waals surface area contributed by atoms with Crippen LogP contribution in [0.15, 0.2) is 30.3 Å². The van der Waals surface area contributed by atoms with Gasteiger partial charge in [-0.1, -0.05) is 31.2 Å². The normalized spacial score (nSPS) is 10.7. The Bertz CT molecular complexity index is 641. The molecule has 1 amide bonds. The Morgan fingerprint density at radius 1 is 1.14 bits per heavy atom. The fraction of sp³-hybridized carbons (Fsp3) is 0.389. The van der Waals surface area contributed by atoms with Crippen LogP contribution in [-0.4, -0.2) is 17.0 Å². The van der Waals surface area contributed by atoms with Crippen molar-refractivity contribution in [3.8, 4) is 0 Å². The Balaban J connectivity index is 2.35. The molecule has 0 aliphatic rings. The third-order valence-electron chi connectivity index (χ3n) is 3.83. The standard InChI is InChI=1S/C18H24N2O/c1-5-10-19-18(21)17-14(3)11-15(4)20(17)12-16-9-7-6-8-13(16)2/h6-9,11H,5,10,12H2,1-4H3,(H,19,21). The fourth-order valence-corrected chi connectivity index (χ4v) is 2.63. The highest BCUT2D eigenvalue weighted by Crippen LogP contribution is 2.18. The van der Waals surface area contributed by atoms with E-state index in [1.165, 1.54) is 11.1 Å².